The van der Waals surface area contributed by atoms with E-state index in [-0.39, 0.29) is 18.4 Å². The summed E-state index contributed by atoms with van der Waals surface area (Å²) in [5.74, 6) is 2.68. The first-order chi connectivity index (χ1) is 11.7. The number of carbonyl (C=O) groups is 2. The Labute approximate surface area is 141 Å². The van der Waals surface area contributed by atoms with Crippen LogP contribution >= 0.6 is 0 Å². The van der Waals surface area contributed by atoms with Crippen LogP contribution in [0.5, 0.6) is 5.75 Å². The zero-order valence-electron chi connectivity index (χ0n) is 13.3. The summed E-state index contributed by atoms with van der Waals surface area (Å²) in [7, 11) is 0. The highest BCUT2D eigenvalue weighted by Crippen LogP contribution is 2.11. The quantitative estimate of drug-likeness (QED) is 0.364. The topological polar surface area (TPSA) is 65.1 Å². The van der Waals surface area contributed by atoms with Crippen molar-refractivity contribution in [1.29, 1.82) is 0 Å². The molecule has 0 unspecified atom stereocenters. The molecule has 2 amide bonds. The van der Waals surface area contributed by atoms with Crippen LogP contribution in [0.4, 0.5) is 0 Å². The van der Waals surface area contributed by atoms with Crippen LogP contribution < -0.4 is 4.74 Å². The van der Waals surface area contributed by atoms with Crippen molar-refractivity contribution in [2.24, 2.45) is 0 Å². The maximum atomic E-state index is 11.3. The Morgan fingerprint density at radius 3 is 2.08 bits per heavy atom. The third-order valence-electron chi connectivity index (χ3n) is 3.25. The molecule has 0 saturated heterocycles. The molecular weight excluding hydrogens is 310 g/mol. The Bertz CT molecular complexity index is 612. The lowest BCUT2D eigenvalue weighted by molar-refractivity contribution is -0.137. The van der Waals surface area contributed by atoms with Gasteiger partial charge in [-0.15, -0.1) is 6.42 Å². The van der Waals surface area contributed by atoms with Gasteiger partial charge < -0.3 is 14.2 Å². The molecule has 0 fully saturated rings. The van der Waals surface area contributed by atoms with E-state index in [2.05, 4.69) is 5.92 Å². The maximum Gasteiger partial charge on any atom is 0.253 e. The van der Waals surface area contributed by atoms with Crippen LogP contribution in [-0.2, 0) is 19.1 Å². The molecule has 0 aromatic heterocycles. The molecule has 0 atom stereocenters. The van der Waals surface area contributed by atoms with Crippen molar-refractivity contribution in [3.63, 3.8) is 0 Å². The number of carbonyl (C=O) groups excluding carboxylic acids is 2. The molecule has 6 nitrogen and oxygen atoms in total. The molecule has 0 spiro atoms. The van der Waals surface area contributed by atoms with E-state index in [0.29, 0.717) is 33.0 Å². The van der Waals surface area contributed by atoms with E-state index < -0.39 is 0 Å². The fourth-order valence-electron chi connectivity index (χ4n) is 2.00. The molecule has 24 heavy (non-hydrogen) atoms. The standard InChI is InChI=1S/C18H19NO5/c1-2-15-3-5-16(6-4-15)24-14-13-23-12-11-22-10-9-19-17(20)7-8-18(19)21/h1,3-8H,9-14H2. The van der Waals surface area contributed by atoms with Gasteiger partial charge in [0.2, 0.25) is 0 Å². The van der Waals surface area contributed by atoms with E-state index in [1.54, 1.807) is 0 Å². The van der Waals surface area contributed by atoms with Gasteiger partial charge in [0.1, 0.15) is 12.4 Å². The van der Waals surface area contributed by atoms with Crippen LogP contribution in [0, 0.1) is 12.3 Å². The van der Waals surface area contributed by atoms with Gasteiger partial charge in [0.05, 0.1) is 33.0 Å². The van der Waals surface area contributed by atoms with E-state index in [1.165, 1.54) is 12.2 Å². The zero-order chi connectivity index (χ0) is 17.2. The number of terminal acetylenes is 1. The minimum absolute atomic E-state index is 0.251. The first kappa shape index (κ1) is 17.7. The van der Waals surface area contributed by atoms with Gasteiger partial charge in [-0.3, -0.25) is 14.5 Å². The van der Waals surface area contributed by atoms with Gasteiger partial charge in [0.25, 0.3) is 11.8 Å². The minimum Gasteiger partial charge on any atom is -0.491 e. The Hall–Kier alpha value is -2.62. The summed E-state index contributed by atoms with van der Waals surface area (Å²) in [6.07, 6.45) is 7.79. The van der Waals surface area contributed by atoms with E-state index in [1.807, 2.05) is 24.3 Å². The third kappa shape index (κ3) is 5.54. The predicted molar refractivity (Wildman–Crippen MR) is 87.4 cm³/mol. The molecule has 0 radical (unpaired) electrons. The SMILES string of the molecule is C#Cc1ccc(OCCOCCOCCN2C(=O)C=CC2=O)cc1. The first-order valence-corrected chi connectivity index (χ1v) is 7.59. The molecule has 1 aromatic rings. The monoisotopic (exact) mass is 329 g/mol. The number of imide groups is 1. The number of ether oxygens (including phenoxy) is 3. The minimum atomic E-state index is -0.299. The van der Waals surface area contributed by atoms with Crippen molar-refractivity contribution in [3.05, 3.63) is 42.0 Å². The largest absolute Gasteiger partial charge is 0.491 e. The molecular formula is C18H19NO5. The molecule has 1 aliphatic heterocycles. The second-order valence-electron chi connectivity index (χ2n) is 4.90. The molecule has 126 valence electrons. The highest BCUT2D eigenvalue weighted by Gasteiger charge is 2.22. The predicted octanol–water partition coefficient (Wildman–Crippen LogP) is 1.00. The summed E-state index contributed by atoms with van der Waals surface area (Å²) < 4.78 is 16.2. The summed E-state index contributed by atoms with van der Waals surface area (Å²) in [5.41, 5.74) is 0.809. The van der Waals surface area contributed by atoms with Gasteiger partial charge in [-0.25, -0.2) is 0 Å². The van der Waals surface area contributed by atoms with Crippen LogP contribution in [0.2, 0.25) is 0 Å². The fourth-order valence-corrected chi connectivity index (χ4v) is 2.00. The molecule has 6 heteroatoms. The summed E-state index contributed by atoms with van der Waals surface area (Å²) in [4.78, 5) is 23.7. The van der Waals surface area contributed by atoms with Crippen LogP contribution in [-0.4, -0.2) is 56.3 Å². The van der Waals surface area contributed by atoms with Gasteiger partial charge in [0.15, 0.2) is 0 Å². The van der Waals surface area contributed by atoms with Crippen LogP contribution in [0.3, 0.4) is 0 Å². The maximum absolute atomic E-state index is 11.3. The molecule has 0 aliphatic carbocycles. The Kier molecular flexibility index (Phi) is 7.02. The highest BCUT2D eigenvalue weighted by atomic mass is 16.5. The summed E-state index contributed by atoms with van der Waals surface area (Å²) in [6, 6.07) is 7.26. The molecule has 1 aliphatic rings. The summed E-state index contributed by atoms with van der Waals surface area (Å²) in [6.45, 7) is 2.22. The lowest BCUT2D eigenvalue weighted by atomic mass is 10.2. The summed E-state index contributed by atoms with van der Waals surface area (Å²) >= 11 is 0. The molecule has 0 saturated carbocycles. The van der Waals surface area contributed by atoms with Crippen molar-refractivity contribution in [2.75, 3.05) is 39.6 Å². The number of benzene rings is 1. The molecule has 2 rings (SSSR count). The molecule has 1 aromatic carbocycles. The average Bonchev–Trinajstić information content (AvgIpc) is 2.92. The Morgan fingerprint density at radius 2 is 1.46 bits per heavy atom. The number of hydrogen-bond acceptors (Lipinski definition) is 5. The van der Waals surface area contributed by atoms with Crippen molar-refractivity contribution >= 4 is 11.8 Å². The Balaban J connectivity index is 1.45. The molecule has 0 N–H and O–H groups in total. The van der Waals surface area contributed by atoms with Crippen LogP contribution in [0.15, 0.2) is 36.4 Å². The normalized spacial score (nSPS) is 13.4. The van der Waals surface area contributed by atoms with E-state index in [0.717, 1.165) is 16.2 Å². The van der Waals surface area contributed by atoms with Gasteiger partial charge in [-0.1, -0.05) is 5.92 Å². The van der Waals surface area contributed by atoms with Crippen molar-refractivity contribution in [2.45, 2.75) is 0 Å². The lowest BCUT2D eigenvalue weighted by Crippen LogP contribution is -2.33. The fraction of sp³-hybridized carbons (Fsp3) is 0.333. The van der Waals surface area contributed by atoms with E-state index in [9.17, 15) is 9.59 Å². The van der Waals surface area contributed by atoms with Crippen LogP contribution in [0.1, 0.15) is 5.56 Å². The van der Waals surface area contributed by atoms with Gasteiger partial charge in [0, 0.05) is 17.7 Å². The van der Waals surface area contributed by atoms with Gasteiger partial charge >= 0.3 is 0 Å². The zero-order valence-corrected chi connectivity index (χ0v) is 13.3. The van der Waals surface area contributed by atoms with Gasteiger partial charge in [-0.2, -0.15) is 0 Å². The van der Waals surface area contributed by atoms with Crippen molar-refractivity contribution in [3.8, 4) is 18.1 Å². The third-order valence-corrected chi connectivity index (χ3v) is 3.25. The second kappa shape index (κ2) is 9.50. The van der Waals surface area contributed by atoms with E-state index >= 15 is 0 Å². The highest BCUT2D eigenvalue weighted by molar-refractivity contribution is 6.12. The average molecular weight is 329 g/mol. The van der Waals surface area contributed by atoms with Gasteiger partial charge in [-0.05, 0) is 24.3 Å². The number of amides is 2. The van der Waals surface area contributed by atoms with Crippen molar-refractivity contribution < 1.29 is 23.8 Å². The van der Waals surface area contributed by atoms with Crippen molar-refractivity contribution in [1.82, 2.24) is 4.90 Å². The van der Waals surface area contributed by atoms with E-state index in [4.69, 9.17) is 20.6 Å². The number of nitrogens with zero attached hydrogens (tertiary/aromatic N) is 1. The van der Waals surface area contributed by atoms with Crippen LogP contribution in [0.25, 0.3) is 0 Å². The lowest BCUT2D eigenvalue weighted by Gasteiger charge is -2.13. The Morgan fingerprint density at radius 1 is 0.875 bits per heavy atom. The second-order valence-corrected chi connectivity index (χ2v) is 4.90. The molecule has 0 bridgehead atoms. The molecule has 1 heterocycles. The number of rotatable bonds is 10. The summed E-state index contributed by atoms with van der Waals surface area (Å²) in [5, 5.41) is 0. The smallest absolute Gasteiger partial charge is 0.253 e. The first-order valence-electron chi connectivity index (χ1n) is 7.59. The number of hydrogen-bond donors (Lipinski definition) is 0.